The number of rotatable bonds is 7. The molecule has 27 heavy (non-hydrogen) atoms. The zero-order chi connectivity index (χ0) is 19.6. The molecule has 0 heterocycles. The topological polar surface area (TPSA) is 84.0 Å². The van der Waals surface area contributed by atoms with E-state index in [9.17, 15) is 4.79 Å². The summed E-state index contributed by atoms with van der Waals surface area (Å²) in [5.74, 6) is 1.59. The number of halogens is 1. The van der Waals surface area contributed by atoms with Crippen molar-refractivity contribution in [1.29, 1.82) is 0 Å². The monoisotopic (exact) mass is 492 g/mol. The minimum atomic E-state index is -0.492. The van der Waals surface area contributed by atoms with Gasteiger partial charge in [0.15, 0.2) is 5.96 Å². The Labute approximate surface area is 179 Å². The fourth-order valence-corrected chi connectivity index (χ4v) is 2.23. The molecule has 154 valence electrons. The number of ether oxygens (including phenoxy) is 2. The van der Waals surface area contributed by atoms with Crippen LogP contribution in [-0.4, -0.2) is 51.4 Å². The molecule has 0 aliphatic carbocycles. The van der Waals surface area contributed by atoms with Gasteiger partial charge in [0.25, 0.3) is 0 Å². The standard InChI is InChI=1S/C19H32N4O3.HI/c1-14-7-8-15(13-16(14)25-6)9-10-21-17(20-5)22-11-12-23-18(24)26-19(2,3)4;/h7-8,13H,9-12H2,1-6H3,(H,23,24)(H2,20,21,22);1H. The van der Waals surface area contributed by atoms with E-state index in [0.717, 1.165) is 24.3 Å². The van der Waals surface area contributed by atoms with E-state index in [4.69, 9.17) is 9.47 Å². The summed E-state index contributed by atoms with van der Waals surface area (Å²) >= 11 is 0. The van der Waals surface area contributed by atoms with Crippen molar-refractivity contribution < 1.29 is 14.3 Å². The maximum Gasteiger partial charge on any atom is 0.407 e. The van der Waals surface area contributed by atoms with Gasteiger partial charge in [-0.15, -0.1) is 24.0 Å². The van der Waals surface area contributed by atoms with Crippen LogP contribution in [0.15, 0.2) is 23.2 Å². The van der Waals surface area contributed by atoms with Gasteiger partial charge in [0, 0.05) is 26.7 Å². The zero-order valence-corrected chi connectivity index (χ0v) is 19.5. The highest BCUT2D eigenvalue weighted by molar-refractivity contribution is 14.0. The Bertz CT molecular complexity index is 615. The predicted molar refractivity (Wildman–Crippen MR) is 120 cm³/mol. The molecule has 0 bridgehead atoms. The van der Waals surface area contributed by atoms with Crippen LogP contribution in [0.5, 0.6) is 5.75 Å². The molecule has 0 fully saturated rings. The van der Waals surface area contributed by atoms with Crippen LogP contribution in [0.2, 0.25) is 0 Å². The van der Waals surface area contributed by atoms with Crippen LogP contribution >= 0.6 is 24.0 Å². The number of hydrogen-bond acceptors (Lipinski definition) is 4. The van der Waals surface area contributed by atoms with E-state index in [1.165, 1.54) is 5.56 Å². The van der Waals surface area contributed by atoms with E-state index in [2.05, 4.69) is 39.1 Å². The molecule has 0 aliphatic rings. The minimum absolute atomic E-state index is 0. The quantitative estimate of drug-likeness (QED) is 0.236. The summed E-state index contributed by atoms with van der Waals surface area (Å²) in [5.41, 5.74) is 1.83. The number of hydrogen-bond donors (Lipinski definition) is 3. The first-order chi connectivity index (χ1) is 12.2. The van der Waals surface area contributed by atoms with Crippen molar-refractivity contribution in [2.75, 3.05) is 33.8 Å². The third kappa shape index (κ3) is 10.9. The first-order valence-electron chi connectivity index (χ1n) is 8.80. The van der Waals surface area contributed by atoms with Crippen molar-refractivity contribution in [2.24, 2.45) is 4.99 Å². The van der Waals surface area contributed by atoms with Gasteiger partial charge in [0.05, 0.1) is 7.11 Å². The van der Waals surface area contributed by atoms with Crippen LogP contribution in [0.4, 0.5) is 4.79 Å². The molecule has 0 aliphatic heterocycles. The average molecular weight is 492 g/mol. The molecule has 1 rings (SSSR count). The Balaban J connectivity index is 0.00000676. The highest BCUT2D eigenvalue weighted by Gasteiger charge is 2.15. The van der Waals surface area contributed by atoms with E-state index in [-0.39, 0.29) is 24.0 Å². The molecule has 8 heteroatoms. The number of carbonyl (C=O) groups is 1. The number of alkyl carbamates (subject to hydrolysis) is 1. The zero-order valence-electron chi connectivity index (χ0n) is 17.1. The van der Waals surface area contributed by atoms with Crippen LogP contribution in [0.3, 0.4) is 0 Å². The van der Waals surface area contributed by atoms with Gasteiger partial charge in [-0.05, 0) is 51.3 Å². The molecule has 0 saturated carbocycles. The maximum atomic E-state index is 11.6. The molecule has 3 N–H and O–H groups in total. The summed E-state index contributed by atoms with van der Waals surface area (Å²) in [7, 11) is 3.40. The highest BCUT2D eigenvalue weighted by Crippen LogP contribution is 2.18. The Morgan fingerprint density at radius 3 is 2.33 bits per heavy atom. The Kier molecular flexibility index (Phi) is 11.8. The SMILES string of the molecule is CN=C(NCCNC(=O)OC(C)(C)C)NCCc1ccc(C)c(OC)c1.I. The van der Waals surface area contributed by atoms with Crippen molar-refractivity contribution in [3.05, 3.63) is 29.3 Å². The van der Waals surface area contributed by atoms with Crippen molar-refractivity contribution in [2.45, 2.75) is 39.7 Å². The molecule has 7 nitrogen and oxygen atoms in total. The number of guanidine groups is 1. The third-order valence-corrected chi connectivity index (χ3v) is 3.49. The Hall–Kier alpha value is -1.71. The fraction of sp³-hybridized carbons (Fsp3) is 0.579. The van der Waals surface area contributed by atoms with Gasteiger partial charge >= 0.3 is 6.09 Å². The first kappa shape index (κ1) is 25.3. The fourth-order valence-electron chi connectivity index (χ4n) is 2.23. The second-order valence-corrected chi connectivity index (χ2v) is 6.91. The largest absolute Gasteiger partial charge is 0.496 e. The van der Waals surface area contributed by atoms with Crippen LogP contribution < -0.4 is 20.7 Å². The predicted octanol–water partition coefficient (Wildman–Crippen LogP) is 2.85. The third-order valence-electron chi connectivity index (χ3n) is 3.49. The summed E-state index contributed by atoms with van der Waals surface area (Å²) in [5, 5.41) is 9.10. The molecular weight excluding hydrogens is 459 g/mol. The van der Waals surface area contributed by atoms with Gasteiger partial charge in [-0.1, -0.05) is 12.1 Å². The van der Waals surface area contributed by atoms with E-state index < -0.39 is 11.7 Å². The average Bonchev–Trinajstić information content (AvgIpc) is 2.56. The first-order valence-corrected chi connectivity index (χ1v) is 8.80. The summed E-state index contributed by atoms with van der Waals surface area (Å²) in [6.45, 7) is 9.27. The summed E-state index contributed by atoms with van der Waals surface area (Å²) < 4.78 is 10.5. The number of benzene rings is 1. The van der Waals surface area contributed by atoms with Gasteiger partial charge in [-0.3, -0.25) is 4.99 Å². The molecule has 1 amide bonds. The molecule has 0 unspecified atom stereocenters. The van der Waals surface area contributed by atoms with Crippen LogP contribution in [0.1, 0.15) is 31.9 Å². The maximum absolute atomic E-state index is 11.6. The number of methoxy groups -OCH3 is 1. The summed E-state index contributed by atoms with van der Waals surface area (Å²) in [6, 6.07) is 6.21. The van der Waals surface area contributed by atoms with Gasteiger partial charge in [0.1, 0.15) is 11.4 Å². The molecule has 1 aromatic carbocycles. The van der Waals surface area contributed by atoms with Crippen molar-refractivity contribution in [3.63, 3.8) is 0 Å². The number of aryl methyl sites for hydroxylation is 1. The smallest absolute Gasteiger partial charge is 0.407 e. The van der Waals surface area contributed by atoms with Crippen LogP contribution in [0.25, 0.3) is 0 Å². The van der Waals surface area contributed by atoms with Gasteiger partial charge in [0.2, 0.25) is 0 Å². The van der Waals surface area contributed by atoms with E-state index >= 15 is 0 Å². The second-order valence-electron chi connectivity index (χ2n) is 6.91. The van der Waals surface area contributed by atoms with Crippen molar-refractivity contribution in [1.82, 2.24) is 16.0 Å². The molecule has 1 aromatic rings. The van der Waals surface area contributed by atoms with Gasteiger partial charge in [-0.25, -0.2) is 4.79 Å². The highest BCUT2D eigenvalue weighted by atomic mass is 127. The van der Waals surface area contributed by atoms with E-state index in [1.807, 2.05) is 27.7 Å². The molecular formula is C19H33IN4O3. The molecule has 0 saturated heterocycles. The van der Waals surface area contributed by atoms with Crippen molar-refractivity contribution in [3.8, 4) is 5.75 Å². The van der Waals surface area contributed by atoms with Crippen LogP contribution in [-0.2, 0) is 11.2 Å². The number of carbonyl (C=O) groups excluding carboxylic acids is 1. The minimum Gasteiger partial charge on any atom is -0.496 e. The number of aliphatic imine (C=N–C) groups is 1. The Morgan fingerprint density at radius 1 is 1.11 bits per heavy atom. The molecule has 0 spiro atoms. The van der Waals surface area contributed by atoms with Crippen LogP contribution in [0, 0.1) is 6.92 Å². The molecule has 0 aromatic heterocycles. The number of nitrogens with zero attached hydrogens (tertiary/aromatic N) is 1. The Morgan fingerprint density at radius 2 is 1.74 bits per heavy atom. The second kappa shape index (κ2) is 12.6. The summed E-state index contributed by atoms with van der Waals surface area (Å²) in [4.78, 5) is 15.7. The van der Waals surface area contributed by atoms with Gasteiger partial charge in [-0.2, -0.15) is 0 Å². The molecule has 0 radical (unpaired) electrons. The lowest BCUT2D eigenvalue weighted by Crippen LogP contribution is -2.42. The van der Waals surface area contributed by atoms with Gasteiger partial charge < -0.3 is 25.4 Å². The lowest BCUT2D eigenvalue weighted by Gasteiger charge is -2.20. The van der Waals surface area contributed by atoms with E-state index in [0.29, 0.717) is 19.0 Å². The lowest BCUT2D eigenvalue weighted by molar-refractivity contribution is 0.0529. The van der Waals surface area contributed by atoms with E-state index in [1.54, 1.807) is 14.2 Å². The number of amides is 1. The number of nitrogens with one attached hydrogen (secondary N) is 3. The summed E-state index contributed by atoms with van der Waals surface area (Å²) in [6.07, 6.45) is 0.434. The normalized spacial score (nSPS) is 11.3. The lowest BCUT2D eigenvalue weighted by atomic mass is 10.1. The molecule has 0 atom stereocenters. The van der Waals surface area contributed by atoms with Crippen molar-refractivity contribution >= 4 is 36.0 Å².